The molecule has 0 bridgehead atoms. The van der Waals surface area contributed by atoms with Crippen molar-refractivity contribution in [2.24, 2.45) is 4.99 Å². The van der Waals surface area contributed by atoms with Crippen LogP contribution in [-0.4, -0.2) is 17.0 Å². The van der Waals surface area contributed by atoms with E-state index in [2.05, 4.69) is 4.99 Å². The third-order valence-corrected chi connectivity index (χ3v) is 3.19. The number of hydrogen-bond acceptors (Lipinski definition) is 4. The van der Waals surface area contributed by atoms with Gasteiger partial charge in [-0.1, -0.05) is 29.8 Å². The van der Waals surface area contributed by atoms with E-state index >= 15 is 0 Å². The van der Waals surface area contributed by atoms with Crippen molar-refractivity contribution in [2.45, 2.75) is 0 Å². The largest absolute Gasteiger partial charge is 0.507 e. The van der Waals surface area contributed by atoms with Gasteiger partial charge in [0.05, 0.1) is 0 Å². The number of carbonyl (C=O) groups excluding carboxylic acids is 1. The molecule has 0 saturated heterocycles. The van der Waals surface area contributed by atoms with Crippen molar-refractivity contribution >= 4 is 29.5 Å². The first-order chi connectivity index (χ1) is 10.1. The van der Waals surface area contributed by atoms with Crippen LogP contribution in [0.3, 0.4) is 0 Å². The third-order valence-electron chi connectivity index (χ3n) is 2.94. The van der Waals surface area contributed by atoms with E-state index in [4.69, 9.17) is 16.3 Å². The number of benzene rings is 2. The highest BCUT2D eigenvalue weighted by molar-refractivity contribution is 6.30. The maximum absolute atomic E-state index is 11.8. The lowest BCUT2D eigenvalue weighted by molar-refractivity contribution is -0.129. The smallest absolute Gasteiger partial charge is 0.363 e. The van der Waals surface area contributed by atoms with Crippen molar-refractivity contribution in [1.29, 1.82) is 0 Å². The van der Waals surface area contributed by atoms with E-state index in [0.717, 1.165) is 0 Å². The molecule has 1 heterocycles. The Labute approximate surface area is 126 Å². The number of aliphatic imine (C=N–C) groups is 1. The molecule has 0 radical (unpaired) electrons. The van der Waals surface area contributed by atoms with Gasteiger partial charge in [-0.25, -0.2) is 9.79 Å². The van der Waals surface area contributed by atoms with E-state index in [0.29, 0.717) is 16.1 Å². The Morgan fingerprint density at radius 2 is 1.81 bits per heavy atom. The van der Waals surface area contributed by atoms with Crippen LogP contribution in [0.2, 0.25) is 5.02 Å². The number of hydrogen-bond donors (Lipinski definition) is 1. The summed E-state index contributed by atoms with van der Waals surface area (Å²) in [5, 5.41) is 10.3. The first kappa shape index (κ1) is 13.4. The summed E-state index contributed by atoms with van der Waals surface area (Å²) in [6, 6.07) is 13.5. The standard InChI is InChI=1S/C16H10ClNO3/c17-12-7-5-10(6-8-12)15-18-13(16(20)21-15)9-11-3-1-2-4-14(11)19/h1-9,19H. The summed E-state index contributed by atoms with van der Waals surface area (Å²) < 4.78 is 5.13. The van der Waals surface area contributed by atoms with Crippen LogP contribution in [0.15, 0.2) is 59.2 Å². The Morgan fingerprint density at radius 3 is 2.52 bits per heavy atom. The molecule has 0 aliphatic carbocycles. The molecule has 4 nitrogen and oxygen atoms in total. The number of cyclic esters (lactones) is 1. The highest BCUT2D eigenvalue weighted by Crippen LogP contribution is 2.23. The normalized spacial score (nSPS) is 16.0. The average Bonchev–Trinajstić information content (AvgIpc) is 2.83. The maximum atomic E-state index is 11.8. The minimum Gasteiger partial charge on any atom is -0.507 e. The van der Waals surface area contributed by atoms with E-state index in [9.17, 15) is 9.90 Å². The van der Waals surface area contributed by atoms with Crippen molar-refractivity contribution in [1.82, 2.24) is 0 Å². The van der Waals surface area contributed by atoms with Gasteiger partial charge in [-0.15, -0.1) is 0 Å². The number of para-hydroxylation sites is 1. The van der Waals surface area contributed by atoms with E-state index in [1.165, 1.54) is 12.1 Å². The fourth-order valence-electron chi connectivity index (χ4n) is 1.88. The second-order valence-electron chi connectivity index (χ2n) is 4.40. The van der Waals surface area contributed by atoms with Gasteiger partial charge in [-0.05, 0) is 36.4 Å². The van der Waals surface area contributed by atoms with Gasteiger partial charge in [0.2, 0.25) is 5.90 Å². The number of phenols is 1. The number of halogens is 1. The molecule has 0 unspecified atom stereocenters. The van der Waals surface area contributed by atoms with Crippen molar-refractivity contribution in [3.8, 4) is 5.75 Å². The van der Waals surface area contributed by atoms with Crippen molar-refractivity contribution in [3.05, 3.63) is 70.4 Å². The zero-order valence-electron chi connectivity index (χ0n) is 10.8. The summed E-state index contributed by atoms with van der Waals surface area (Å²) in [6.07, 6.45) is 1.49. The van der Waals surface area contributed by atoms with E-state index in [-0.39, 0.29) is 17.3 Å². The number of esters is 1. The number of nitrogens with zero attached hydrogens (tertiary/aromatic N) is 1. The van der Waals surface area contributed by atoms with Crippen molar-refractivity contribution < 1.29 is 14.6 Å². The molecule has 1 N–H and O–H groups in total. The maximum Gasteiger partial charge on any atom is 0.363 e. The summed E-state index contributed by atoms with van der Waals surface area (Å²) in [7, 11) is 0. The summed E-state index contributed by atoms with van der Waals surface area (Å²) in [5.41, 5.74) is 1.31. The van der Waals surface area contributed by atoms with E-state index < -0.39 is 5.97 Å². The number of phenolic OH excluding ortho intramolecular Hbond substituents is 1. The van der Waals surface area contributed by atoms with Gasteiger partial charge in [0.25, 0.3) is 0 Å². The molecular weight excluding hydrogens is 290 g/mol. The van der Waals surface area contributed by atoms with Crippen LogP contribution < -0.4 is 0 Å². The predicted molar refractivity (Wildman–Crippen MR) is 80.2 cm³/mol. The van der Waals surface area contributed by atoms with Gasteiger partial charge in [-0.2, -0.15) is 0 Å². The van der Waals surface area contributed by atoms with Gasteiger partial charge < -0.3 is 9.84 Å². The lowest BCUT2D eigenvalue weighted by Gasteiger charge is -1.98. The number of ether oxygens (including phenoxy) is 1. The molecule has 0 saturated carbocycles. The monoisotopic (exact) mass is 299 g/mol. The second kappa shape index (κ2) is 5.42. The average molecular weight is 300 g/mol. The zero-order valence-corrected chi connectivity index (χ0v) is 11.5. The topological polar surface area (TPSA) is 58.9 Å². The molecule has 104 valence electrons. The molecule has 21 heavy (non-hydrogen) atoms. The van der Waals surface area contributed by atoms with Gasteiger partial charge in [-0.3, -0.25) is 0 Å². The van der Waals surface area contributed by atoms with Gasteiger partial charge in [0.15, 0.2) is 5.70 Å². The molecule has 2 aromatic rings. The molecule has 0 fully saturated rings. The summed E-state index contributed by atoms with van der Waals surface area (Å²) in [4.78, 5) is 16.0. The van der Waals surface area contributed by atoms with Crippen LogP contribution in [0.25, 0.3) is 6.08 Å². The Balaban J connectivity index is 1.96. The van der Waals surface area contributed by atoms with Crippen LogP contribution in [0.4, 0.5) is 0 Å². The number of carbonyl (C=O) groups is 1. The molecule has 2 aromatic carbocycles. The number of aromatic hydroxyl groups is 1. The summed E-state index contributed by atoms with van der Waals surface area (Å²) in [6.45, 7) is 0. The third kappa shape index (κ3) is 2.80. The molecular formula is C16H10ClNO3. The lowest BCUT2D eigenvalue weighted by Crippen LogP contribution is -2.05. The molecule has 0 aromatic heterocycles. The minimum atomic E-state index is -0.553. The van der Waals surface area contributed by atoms with Gasteiger partial charge in [0.1, 0.15) is 5.75 Å². The predicted octanol–water partition coefficient (Wildman–Crippen LogP) is 3.39. The Hall–Kier alpha value is -2.59. The molecule has 0 spiro atoms. The van der Waals surface area contributed by atoms with Crippen LogP contribution in [0, 0.1) is 0 Å². The molecule has 0 amide bonds. The fourth-order valence-corrected chi connectivity index (χ4v) is 2.01. The molecule has 3 rings (SSSR count). The van der Waals surface area contributed by atoms with Crippen molar-refractivity contribution in [3.63, 3.8) is 0 Å². The van der Waals surface area contributed by atoms with Gasteiger partial charge in [0, 0.05) is 16.1 Å². The molecule has 1 aliphatic heterocycles. The highest BCUT2D eigenvalue weighted by Gasteiger charge is 2.24. The summed E-state index contributed by atoms with van der Waals surface area (Å²) >= 11 is 5.81. The number of rotatable bonds is 2. The highest BCUT2D eigenvalue weighted by atomic mass is 35.5. The SMILES string of the molecule is O=C1OC(c2ccc(Cl)cc2)=NC1=Cc1ccccc1O. The quantitative estimate of drug-likeness (QED) is 0.683. The van der Waals surface area contributed by atoms with Gasteiger partial charge >= 0.3 is 5.97 Å². The van der Waals surface area contributed by atoms with Crippen LogP contribution >= 0.6 is 11.6 Å². The Morgan fingerprint density at radius 1 is 1.10 bits per heavy atom. The van der Waals surface area contributed by atoms with E-state index in [1.54, 1.807) is 42.5 Å². The second-order valence-corrected chi connectivity index (χ2v) is 4.84. The molecule has 1 aliphatic rings. The van der Waals surface area contributed by atoms with Crippen LogP contribution in [0.1, 0.15) is 11.1 Å². The first-order valence-electron chi connectivity index (χ1n) is 6.20. The lowest BCUT2D eigenvalue weighted by atomic mass is 10.1. The summed E-state index contributed by atoms with van der Waals surface area (Å²) in [5.74, 6) is -0.255. The Kier molecular flexibility index (Phi) is 3.46. The van der Waals surface area contributed by atoms with E-state index in [1.807, 2.05) is 0 Å². The van der Waals surface area contributed by atoms with Crippen LogP contribution in [0.5, 0.6) is 5.75 Å². The molecule has 0 atom stereocenters. The zero-order chi connectivity index (χ0) is 14.8. The minimum absolute atomic E-state index is 0.0768. The molecule has 5 heteroatoms. The van der Waals surface area contributed by atoms with Crippen LogP contribution in [-0.2, 0) is 9.53 Å². The fraction of sp³-hybridized carbons (Fsp3) is 0. The Bertz CT molecular complexity index is 763. The first-order valence-corrected chi connectivity index (χ1v) is 6.58. The van der Waals surface area contributed by atoms with Crippen molar-refractivity contribution in [2.75, 3.05) is 0 Å².